The molecular weight excluding hydrogens is 160 g/mol. The minimum atomic E-state index is -0.748. The van der Waals surface area contributed by atoms with E-state index in [1.807, 2.05) is 0 Å². The molecule has 1 fully saturated rings. The largest absolute Gasteiger partial charge is 0.457 e. The molecule has 0 aromatic carbocycles. The lowest BCUT2D eigenvalue weighted by atomic mass is 9.85. The molecule has 2 N–H and O–H groups in total. The minimum absolute atomic E-state index is 0.150. The Hall–Kier alpha value is -0.610. The van der Waals surface area contributed by atoms with Crippen LogP contribution in [0.3, 0.4) is 0 Å². The zero-order valence-electron chi connectivity index (χ0n) is 7.23. The summed E-state index contributed by atoms with van der Waals surface area (Å²) in [6.07, 6.45) is -1.49. The van der Waals surface area contributed by atoms with Crippen LogP contribution in [0.2, 0.25) is 0 Å². The van der Waals surface area contributed by atoms with Gasteiger partial charge in [0.05, 0.1) is 18.6 Å². The molecule has 0 bridgehead atoms. The Labute approximate surface area is 71.2 Å². The van der Waals surface area contributed by atoms with Crippen molar-refractivity contribution >= 4 is 5.97 Å². The second-order valence-corrected chi connectivity index (χ2v) is 3.30. The van der Waals surface area contributed by atoms with Crippen molar-refractivity contribution in [2.45, 2.75) is 26.1 Å². The van der Waals surface area contributed by atoms with Gasteiger partial charge in [0.1, 0.15) is 0 Å². The van der Waals surface area contributed by atoms with E-state index in [4.69, 9.17) is 9.84 Å². The van der Waals surface area contributed by atoms with Crippen LogP contribution in [-0.4, -0.2) is 35.0 Å². The van der Waals surface area contributed by atoms with E-state index in [0.29, 0.717) is 0 Å². The van der Waals surface area contributed by atoms with Crippen molar-refractivity contribution in [3.63, 3.8) is 0 Å². The zero-order chi connectivity index (χ0) is 9.30. The topological polar surface area (TPSA) is 66.8 Å². The number of esters is 1. The number of ether oxygens (including phenoxy) is 1. The zero-order valence-corrected chi connectivity index (χ0v) is 7.23. The van der Waals surface area contributed by atoms with Crippen LogP contribution < -0.4 is 0 Å². The summed E-state index contributed by atoms with van der Waals surface area (Å²) in [6.45, 7) is 3.17. The third kappa shape index (κ3) is 1.44. The fraction of sp³-hybridized carbons (Fsp3) is 0.875. The molecule has 12 heavy (non-hydrogen) atoms. The number of aliphatic hydroxyl groups is 2. The molecule has 4 nitrogen and oxygen atoms in total. The van der Waals surface area contributed by atoms with Crippen LogP contribution in [0.4, 0.5) is 0 Å². The van der Waals surface area contributed by atoms with Gasteiger partial charge < -0.3 is 14.9 Å². The highest BCUT2D eigenvalue weighted by Crippen LogP contribution is 2.26. The first-order valence-corrected chi connectivity index (χ1v) is 4.07. The summed E-state index contributed by atoms with van der Waals surface area (Å²) in [7, 11) is 0. The Balaban J connectivity index is 2.70. The summed E-state index contributed by atoms with van der Waals surface area (Å²) in [4.78, 5) is 11.1. The van der Waals surface area contributed by atoms with Crippen molar-refractivity contribution in [1.82, 2.24) is 0 Å². The van der Waals surface area contributed by atoms with Gasteiger partial charge in [0, 0.05) is 0 Å². The Bertz CT molecular complexity index is 178. The molecule has 0 saturated carbocycles. The summed E-state index contributed by atoms with van der Waals surface area (Å²) < 4.78 is 4.79. The molecule has 70 valence electrons. The van der Waals surface area contributed by atoms with Crippen molar-refractivity contribution in [3.05, 3.63) is 0 Å². The molecule has 4 heteroatoms. The van der Waals surface area contributed by atoms with Crippen LogP contribution in [0, 0.1) is 11.8 Å². The standard InChI is InChI=1S/C8H14O4/c1-4-5(2)8(11)12-6(3-9)7(4)10/h4-7,9-10H,3H2,1-2H3/t4-,5-,6-,7+/m1/s1. The third-order valence-electron chi connectivity index (χ3n) is 2.53. The smallest absolute Gasteiger partial charge is 0.309 e. The Morgan fingerprint density at radius 2 is 2.08 bits per heavy atom. The first-order chi connectivity index (χ1) is 5.57. The highest BCUT2D eigenvalue weighted by Gasteiger charge is 2.39. The average molecular weight is 174 g/mol. The number of hydrogen-bond donors (Lipinski definition) is 2. The number of cyclic esters (lactones) is 1. The quantitative estimate of drug-likeness (QED) is 0.528. The Kier molecular flexibility index (Phi) is 2.69. The lowest BCUT2D eigenvalue weighted by Crippen LogP contribution is -2.48. The van der Waals surface area contributed by atoms with Crippen LogP contribution in [-0.2, 0) is 9.53 Å². The van der Waals surface area contributed by atoms with Crippen LogP contribution in [0.15, 0.2) is 0 Å². The second-order valence-electron chi connectivity index (χ2n) is 3.30. The highest BCUT2D eigenvalue weighted by atomic mass is 16.6. The minimum Gasteiger partial charge on any atom is -0.457 e. The summed E-state index contributed by atoms with van der Waals surface area (Å²) in [5.74, 6) is -0.780. The van der Waals surface area contributed by atoms with Crippen molar-refractivity contribution in [1.29, 1.82) is 0 Å². The van der Waals surface area contributed by atoms with Gasteiger partial charge >= 0.3 is 5.97 Å². The summed E-state index contributed by atoms with van der Waals surface area (Å²) in [6, 6.07) is 0. The number of carbonyl (C=O) groups excluding carboxylic acids is 1. The van der Waals surface area contributed by atoms with Crippen LogP contribution >= 0.6 is 0 Å². The molecule has 1 saturated heterocycles. The maximum atomic E-state index is 11.1. The lowest BCUT2D eigenvalue weighted by molar-refractivity contribution is -0.183. The molecule has 1 aliphatic heterocycles. The molecule has 0 amide bonds. The normalized spacial score (nSPS) is 42.5. The van der Waals surface area contributed by atoms with Crippen LogP contribution in [0.5, 0.6) is 0 Å². The number of rotatable bonds is 1. The highest BCUT2D eigenvalue weighted by molar-refractivity contribution is 5.73. The lowest BCUT2D eigenvalue weighted by Gasteiger charge is -2.35. The van der Waals surface area contributed by atoms with Crippen molar-refractivity contribution < 1.29 is 19.7 Å². The van der Waals surface area contributed by atoms with Crippen LogP contribution in [0.1, 0.15) is 13.8 Å². The molecule has 0 spiro atoms. The molecule has 4 atom stereocenters. The van der Waals surface area contributed by atoms with Gasteiger partial charge in [-0.25, -0.2) is 0 Å². The number of carbonyl (C=O) groups is 1. The summed E-state index contributed by atoms with van der Waals surface area (Å²) in [5, 5.41) is 18.2. The average Bonchev–Trinajstić information content (AvgIpc) is 2.08. The van der Waals surface area contributed by atoms with Crippen LogP contribution in [0.25, 0.3) is 0 Å². The van der Waals surface area contributed by atoms with Gasteiger partial charge in [-0.15, -0.1) is 0 Å². The number of aliphatic hydroxyl groups excluding tert-OH is 2. The van der Waals surface area contributed by atoms with Crippen molar-refractivity contribution in [2.24, 2.45) is 11.8 Å². The van der Waals surface area contributed by atoms with Gasteiger partial charge in [-0.05, 0) is 5.92 Å². The maximum Gasteiger partial charge on any atom is 0.309 e. The molecule has 0 unspecified atom stereocenters. The Morgan fingerprint density at radius 3 is 2.58 bits per heavy atom. The first-order valence-electron chi connectivity index (χ1n) is 4.07. The van der Waals surface area contributed by atoms with E-state index in [9.17, 15) is 9.90 Å². The van der Waals surface area contributed by atoms with Gasteiger partial charge in [-0.1, -0.05) is 13.8 Å². The van der Waals surface area contributed by atoms with E-state index >= 15 is 0 Å². The van der Waals surface area contributed by atoms with Gasteiger partial charge in [-0.2, -0.15) is 0 Å². The molecule has 1 rings (SSSR count). The van der Waals surface area contributed by atoms with E-state index in [2.05, 4.69) is 0 Å². The van der Waals surface area contributed by atoms with Gasteiger partial charge in [0.25, 0.3) is 0 Å². The third-order valence-corrected chi connectivity index (χ3v) is 2.53. The maximum absolute atomic E-state index is 11.1. The molecule has 0 aliphatic carbocycles. The van der Waals surface area contributed by atoms with E-state index in [0.717, 1.165) is 0 Å². The number of hydrogen-bond acceptors (Lipinski definition) is 4. The molecule has 0 radical (unpaired) electrons. The molecule has 0 aromatic heterocycles. The molecule has 1 heterocycles. The Morgan fingerprint density at radius 1 is 1.50 bits per heavy atom. The first kappa shape index (κ1) is 9.48. The summed E-state index contributed by atoms with van der Waals surface area (Å²) in [5.41, 5.74) is 0. The second kappa shape index (κ2) is 3.41. The fourth-order valence-electron chi connectivity index (χ4n) is 1.32. The van der Waals surface area contributed by atoms with E-state index < -0.39 is 12.2 Å². The monoisotopic (exact) mass is 174 g/mol. The predicted molar refractivity (Wildman–Crippen MR) is 41.3 cm³/mol. The predicted octanol–water partition coefficient (Wildman–Crippen LogP) is -0.463. The van der Waals surface area contributed by atoms with E-state index in [1.165, 1.54) is 0 Å². The molecule has 0 aromatic rings. The summed E-state index contributed by atoms with van der Waals surface area (Å²) >= 11 is 0. The molecular formula is C8H14O4. The SMILES string of the molecule is C[C@H]1[C@H](O)[C@@H](CO)OC(=O)[C@@H]1C. The van der Waals surface area contributed by atoms with Crippen molar-refractivity contribution in [3.8, 4) is 0 Å². The van der Waals surface area contributed by atoms with Crippen molar-refractivity contribution in [2.75, 3.05) is 6.61 Å². The van der Waals surface area contributed by atoms with Gasteiger partial charge in [0.15, 0.2) is 6.10 Å². The fourth-order valence-corrected chi connectivity index (χ4v) is 1.32. The van der Waals surface area contributed by atoms with Gasteiger partial charge in [-0.3, -0.25) is 4.79 Å². The molecule has 1 aliphatic rings. The van der Waals surface area contributed by atoms with E-state index in [-0.39, 0.29) is 24.4 Å². The van der Waals surface area contributed by atoms with Gasteiger partial charge in [0.2, 0.25) is 0 Å². The van der Waals surface area contributed by atoms with E-state index in [1.54, 1.807) is 13.8 Å².